The molecule has 1 saturated carbocycles. The summed E-state index contributed by atoms with van der Waals surface area (Å²) >= 11 is 0. The maximum atomic E-state index is 12.0. The number of furan rings is 1. The maximum absolute atomic E-state index is 12.0. The van der Waals surface area contributed by atoms with E-state index >= 15 is 0 Å². The Morgan fingerprint density at radius 3 is 2.53 bits per heavy atom. The lowest BCUT2D eigenvalue weighted by atomic mass is 9.94. The Balaban J connectivity index is 1.97. The van der Waals surface area contributed by atoms with Gasteiger partial charge < -0.3 is 9.73 Å². The fourth-order valence-corrected chi connectivity index (χ4v) is 2.20. The van der Waals surface area contributed by atoms with Crippen molar-refractivity contribution >= 4 is 11.7 Å². The van der Waals surface area contributed by atoms with Gasteiger partial charge in [-0.15, -0.1) is 0 Å². The summed E-state index contributed by atoms with van der Waals surface area (Å²) in [6, 6.07) is 1.87. The summed E-state index contributed by atoms with van der Waals surface area (Å²) < 4.78 is 5.33. The molecule has 1 N–H and O–H groups in total. The molecule has 2 rings (SSSR count). The fraction of sp³-hybridized carbons (Fsp3) is 0.538. The number of ketones is 1. The highest BCUT2D eigenvalue weighted by molar-refractivity contribution is 5.95. The van der Waals surface area contributed by atoms with Gasteiger partial charge in [-0.05, 0) is 32.8 Å². The molecule has 0 aliphatic heterocycles. The number of carbonyl (C=O) groups is 2. The molecule has 92 valence electrons. The van der Waals surface area contributed by atoms with E-state index in [1.807, 2.05) is 6.92 Å². The van der Waals surface area contributed by atoms with Gasteiger partial charge in [-0.2, -0.15) is 0 Å². The minimum Gasteiger partial charge on any atom is -0.466 e. The van der Waals surface area contributed by atoms with Crippen molar-refractivity contribution in [3.63, 3.8) is 0 Å². The van der Waals surface area contributed by atoms with Crippen molar-refractivity contribution in [2.24, 2.45) is 0 Å². The standard InChI is InChI=1S/C13H17NO3/c1-8-7-12(9(2)17-8)13(16)14-10-3-5-11(15)6-4-10/h7,10H,3-6H2,1-2H3,(H,14,16). The van der Waals surface area contributed by atoms with Crippen LogP contribution < -0.4 is 5.32 Å². The smallest absolute Gasteiger partial charge is 0.255 e. The molecule has 0 spiro atoms. The zero-order valence-electron chi connectivity index (χ0n) is 10.2. The Morgan fingerprint density at radius 2 is 2.00 bits per heavy atom. The second kappa shape index (κ2) is 4.73. The first kappa shape index (κ1) is 11.9. The van der Waals surface area contributed by atoms with E-state index in [0.29, 0.717) is 29.9 Å². The van der Waals surface area contributed by atoms with Crippen LogP contribution in [0.5, 0.6) is 0 Å². The summed E-state index contributed by atoms with van der Waals surface area (Å²) in [5.41, 5.74) is 0.597. The van der Waals surface area contributed by atoms with E-state index in [1.165, 1.54) is 0 Å². The van der Waals surface area contributed by atoms with Crippen LogP contribution in [0.4, 0.5) is 0 Å². The predicted octanol–water partition coefficient (Wildman–Crippen LogP) is 2.14. The molecule has 0 unspecified atom stereocenters. The van der Waals surface area contributed by atoms with E-state index in [1.54, 1.807) is 13.0 Å². The van der Waals surface area contributed by atoms with E-state index < -0.39 is 0 Å². The highest BCUT2D eigenvalue weighted by Gasteiger charge is 2.22. The zero-order chi connectivity index (χ0) is 12.4. The van der Waals surface area contributed by atoms with Crippen molar-refractivity contribution < 1.29 is 14.0 Å². The molecule has 1 fully saturated rings. The summed E-state index contributed by atoms with van der Waals surface area (Å²) in [5, 5.41) is 2.96. The largest absolute Gasteiger partial charge is 0.466 e. The average Bonchev–Trinajstić information content (AvgIpc) is 2.61. The van der Waals surface area contributed by atoms with E-state index in [4.69, 9.17) is 4.42 Å². The molecule has 0 radical (unpaired) electrons. The Labute approximate surface area is 100 Å². The number of nitrogens with one attached hydrogen (secondary N) is 1. The first-order chi connectivity index (χ1) is 8.06. The Bertz CT molecular complexity index is 438. The van der Waals surface area contributed by atoms with Gasteiger partial charge in [-0.3, -0.25) is 9.59 Å². The summed E-state index contributed by atoms with van der Waals surface area (Å²) in [4.78, 5) is 23.1. The second-order valence-corrected chi connectivity index (χ2v) is 4.61. The highest BCUT2D eigenvalue weighted by atomic mass is 16.3. The fourth-order valence-electron chi connectivity index (χ4n) is 2.20. The first-order valence-electron chi connectivity index (χ1n) is 5.96. The molecule has 1 aromatic rings. The van der Waals surface area contributed by atoms with Crippen LogP contribution >= 0.6 is 0 Å². The predicted molar refractivity (Wildman–Crippen MR) is 62.9 cm³/mol. The van der Waals surface area contributed by atoms with Crippen molar-refractivity contribution in [2.75, 3.05) is 0 Å². The number of rotatable bonds is 2. The average molecular weight is 235 g/mol. The Hall–Kier alpha value is -1.58. The number of hydrogen-bond acceptors (Lipinski definition) is 3. The molecule has 1 amide bonds. The minimum atomic E-state index is -0.0984. The highest BCUT2D eigenvalue weighted by Crippen LogP contribution is 2.17. The summed E-state index contributed by atoms with van der Waals surface area (Å²) in [7, 11) is 0. The van der Waals surface area contributed by atoms with Crippen LogP contribution in [0.2, 0.25) is 0 Å². The van der Waals surface area contributed by atoms with Gasteiger partial charge in [0, 0.05) is 18.9 Å². The molecule has 0 atom stereocenters. The van der Waals surface area contributed by atoms with Gasteiger partial charge in [-0.25, -0.2) is 0 Å². The van der Waals surface area contributed by atoms with Crippen molar-refractivity contribution in [3.8, 4) is 0 Å². The molecule has 1 aliphatic carbocycles. The van der Waals surface area contributed by atoms with Crippen molar-refractivity contribution in [3.05, 3.63) is 23.2 Å². The molecular formula is C13H17NO3. The number of aryl methyl sites for hydroxylation is 2. The topological polar surface area (TPSA) is 59.3 Å². The molecule has 1 aliphatic rings. The number of hydrogen-bond donors (Lipinski definition) is 1. The maximum Gasteiger partial charge on any atom is 0.255 e. The molecule has 0 bridgehead atoms. The second-order valence-electron chi connectivity index (χ2n) is 4.61. The van der Waals surface area contributed by atoms with Crippen molar-refractivity contribution in [2.45, 2.75) is 45.6 Å². The van der Waals surface area contributed by atoms with Crippen LogP contribution in [-0.2, 0) is 4.79 Å². The van der Waals surface area contributed by atoms with Crippen molar-refractivity contribution in [1.29, 1.82) is 0 Å². The van der Waals surface area contributed by atoms with Crippen LogP contribution in [0.1, 0.15) is 47.6 Å². The van der Waals surface area contributed by atoms with Crippen LogP contribution in [0.15, 0.2) is 10.5 Å². The zero-order valence-corrected chi connectivity index (χ0v) is 10.2. The minimum absolute atomic E-state index is 0.0984. The molecule has 17 heavy (non-hydrogen) atoms. The normalized spacial score (nSPS) is 17.2. The molecule has 0 aromatic carbocycles. The third kappa shape index (κ3) is 2.75. The molecule has 1 aromatic heterocycles. The van der Waals surface area contributed by atoms with Gasteiger partial charge in [0.05, 0.1) is 5.56 Å². The van der Waals surface area contributed by atoms with Gasteiger partial charge >= 0.3 is 0 Å². The van der Waals surface area contributed by atoms with Gasteiger partial charge in [0.25, 0.3) is 5.91 Å². The molecule has 0 saturated heterocycles. The molecule has 1 heterocycles. The summed E-state index contributed by atoms with van der Waals surface area (Å²) in [6.07, 6.45) is 2.66. The van der Waals surface area contributed by atoms with Crippen molar-refractivity contribution in [1.82, 2.24) is 5.32 Å². The molecule has 4 nitrogen and oxygen atoms in total. The van der Waals surface area contributed by atoms with Gasteiger partial charge in [0.15, 0.2) is 0 Å². The monoisotopic (exact) mass is 235 g/mol. The lowest BCUT2D eigenvalue weighted by Gasteiger charge is -2.21. The number of carbonyl (C=O) groups excluding carboxylic acids is 2. The quantitative estimate of drug-likeness (QED) is 0.854. The van der Waals surface area contributed by atoms with Gasteiger partial charge in [0.2, 0.25) is 0 Å². The Morgan fingerprint density at radius 1 is 1.35 bits per heavy atom. The summed E-state index contributed by atoms with van der Waals surface area (Å²) in [6.45, 7) is 3.61. The molecular weight excluding hydrogens is 218 g/mol. The van der Waals surface area contributed by atoms with Crippen LogP contribution in [0.25, 0.3) is 0 Å². The van der Waals surface area contributed by atoms with Crippen LogP contribution in [0, 0.1) is 13.8 Å². The first-order valence-corrected chi connectivity index (χ1v) is 5.96. The van der Waals surface area contributed by atoms with E-state index in [-0.39, 0.29) is 11.9 Å². The Kier molecular flexibility index (Phi) is 3.31. The van der Waals surface area contributed by atoms with Crippen LogP contribution in [-0.4, -0.2) is 17.7 Å². The SMILES string of the molecule is Cc1cc(C(=O)NC2CCC(=O)CC2)c(C)o1. The van der Waals surface area contributed by atoms with Gasteiger partial charge in [0.1, 0.15) is 17.3 Å². The lowest BCUT2D eigenvalue weighted by molar-refractivity contribution is -0.120. The van der Waals surface area contributed by atoms with E-state index in [2.05, 4.69) is 5.32 Å². The van der Waals surface area contributed by atoms with E-state index in [0.717, 1.165) is 18.6 Å². The van der Waals surface area contributed by atoms with Gasteiger partial charge in [-0.1, -0.05) is 0 Å². The molecule has 4 heteroatoms. The lowest BCUT2D eigenvalue weighted by Crippen LogP contribution is -2.37. The number of amides is 1. The van der Waals surface area contributed by atoms with E-state index in [9.17, 15) is 9.59 Å². The third-order valence-electron chi connectivity index (χ3n) is 3.16. The third-order valence-corrected chi connectivity index (χ3v) is 3.16. The number of Topliss-reactive ketones (excluding diaryl/α,β-unsaturated/α-hetero) is 1. The van der Waals surface area contributed by atoms with Crippen LogP contribution in [0.3, 0.4) is 0 Å². The summed E-state index contributed by atoms with van der Waals surface area (Å²) in [5.74, 6) is 1.59.